The first kappa shape index (κ1) is 13.1. The van der Waals surface area contributed by atoms with Crippen LogP contribution in [0.1, 0.15) is 57.3 Å². The number of carboxylic acid groups (broad SMARTS) is 1. The van der Waals surface area contributed by atoms with Gasteiger partial charge in [-0.05, 0) is 68.6 Å². The van der Waals surface area contributed by atoms with Crippen LogP contribution < -0.4 is 0 Å². The number of hydrogen-bond donors (Lipinski definition) is 1. The number of aliphatic carboxylic acids is 1. The van der Waals surface area contributed by atoms with Gasteiger partial charge in [-0.1, -0.05) is 6.08 Å². The highest BCUT2D eigenvalue weighted by atomic mass is 16.5. The number of unbranched alkanes of at least 4 members (excludes halogenated alkanes) is 1. The summed E-state index contributed by atoms with van der Waals surface area (Å²) in [5.74, 6) is 0.438. The minimum Gasteiger partial charge on any atom is -0.481 e. The smallest absolute Gasteiger partial charge is 0.307 e. The molecule has 3 aliphatic carbocycles. The van der Waals surface area contributed by atoms with Gasteiger partial charge in [-0.3, -0.25) is 9.59 Å². The van der Waals surface area contributed by atoms with Crippen molar-refractivity contribution >= 4 is 11.9 Å². The third-order valence-corrected chi connectivity index (χ3v) is 5.68. The van der Waals surface area contributed by atoms with Gasteiger partial charge in [0, 0.05) is 5.94 Å². The summed E-state index contributed by atoms with van der Waals surface area (Å²) >= 11 is 0. The van der Waals surface area contributed by atoms with E-state index in [2.05, 4.69) is 6.58 Å². The molecule has 3 rings (SSSR count). The van der Waals surface area contributed by atoms with E-state index in [9.17, 15) is 14.7 Å². The standard InChI is InChI=1S/C18H26O4.2H2/c1-2-3-4-5-11-9-16(11)22-17(19)10-15(18(20)21)14-7-12-6-13(12)8-14;;/h2,11-16H,1,3-10H2,(H,20,21);2*1H/t11-,12-,13+,14?,15+,16-;;/m1../s1/i;2*1+1D. The fraction of sp³-hybridized carbons (Fsp3) is 0.778. The van der Waals surface area contributed by atoms with Crippen LogP contribution in [0.25, 0.3) is 0 Å². The monoisotopic (exact) mass is 314 g/mol. The number of fused-ring (bicyclic) bond motifs is 1. The van der Waals surface area contributed by atoms with Crippen LogP contribution >= 0.6 is 0 Å². The molecule has 0 heterocycles. The van der Waals surface area contributed by atoms with Gasteiger partial charge in [-0.25, -0.2) is 0 Å². The average molecular weight is 314 g/mol. The Kier molecular flexibility index (Phi) is 3.84. The number of rotatable bonds is 9. The van der Waals surface area contributed by atoms with E-state index in [4.69, 9.17) is 10.7 Å². The van der Waals surface area contributed by atoms with Gasteiger partial charge in [-0.2, -0.15) is 0 Å². The van der Waals surface area contributed by atoms with Gasteiger partial charge in [0.1, 0.15) is 6.10 Å². The zero-order valence-electron chi connectivity index (χ0n) is 17.1. The Hall–Kier alpha value is -1.32. The minimum atomic E-state index is -0.832. The summed E-state index contributed by atoms with van der Waals surface area (Å²) in [7, 11) is 0. The van der Waals surface area contributed by atoms with Crippen LogP contribution in [0.5, 0.6) is 0 Å². The van der Waals surface area contributed by atoms with Gasteiger partial charge in [0.2, 0.25) is 0 Å². The highest BCUT2D eigenvalue weighted by molar-refractivity contribution is 5.79. The van der Waals surface area contributed by atoms with Gasteiger partial charge >= 0.3 is 11.9 Å². The summed E-state index contributed by atoms with van der Waals surface area (Å²) in [6.07, 6.45) is 9.33. The van der Waals surface area contributed by atoms with Gasteiger partial charge in [0.25, 0.3) is 0 Å². The van der Waals surface area contributed by atoms with Crippen LogP contribution in [0.15, 0.2) is 12.7 Å². The van der Waals surface area contributed by atoms with Crippen molar-refractivity contribution in [1.82, 2.24) is 0 Å². The van der Waals surface area contributed by atoms with E-state index >= 15 is 0 Å². The Balaban J connectivity index is 0.000000791. The summed E-state index contributed by atoms with van der Waals surface area (Å²) in [4.78, 5) is 23.5. The molecule has 0 aromatic rings. The van der Waals surface area contributed by atoms with Crippen LogP contribution in [-0.4, -0.2) is 23.1 Å². The van der Waals surface area contributed by atoms with Crippen LogP contribution in [0.2, 0.25) is 0 Å². The maximum atomic E-state index is 12.0. The first-order chi connectivity index (χ1) is 12.6. The zero-order chi connectivity index (χ0) is 19.7. The van der Waals surface area contributed by atoms with E-state index in [0.717, 1.165) is 50.4 Å². The fourth-order valence-electron chi connectivity index (χ4n) is 4.13. The van der Waals surface area contributed by atoms with Gasteiger partial charge in [0.05, 0.1) is 12.3 Å². The van der Waals surface area contributed by atoms with Crippen molar-refractivity contribution in [3.05, 3.63) is 12.7 Å². The summed E-state index contributed by atoms with van der Waals surface area (Å²) in [6, 6.07) is 0. The van der Waals surface area contributed by atoms with Crippen molar-refractivity contribution < 1.29 is 25.4 Å². The molecule has 126 valence electrons. The lowest BCUT2D eigenvalue weighted by molar-refractivity contribution is -0.154. The maximum absolute atomic E-state index is 12.0. The molecule has 0 aliphatic heterocycles. The minimum absolute atomic E-state index is 0.0312. The lowest BCUT2D eigenvalue weighted by Crippen LogP contribution is -2.27. The molecule has 22 heavy (non-hydrogen) atoms. The molecule has 0 spiro atoms. The van der Waals surface area contributed by atoms with Crippen LogP contribution in [0, 0.1) is 29.6 Å². The number of carbonyl (C=O) groups is 2. The van der Waals surface area contributed by atoms with Crippen LogP contribution in [0.3, 0.4) is 0 Å². The van der Waals surface area contributed by atoms with Gasteiger partial charge in [0.15, 0.2) is 0 Å². The van der Waals surface area contributed by atoms with Crippen molar-refractivity contribution in [2.45, 2.75) is 57.5 Å². The molecule has 6 atom stereocenters. The third-order valence-electron chi connectivity index (χ3n) is 5.68. The molecule has 0 saturated heterocycles. The summed E-state index contributed by atoms with van der Waals surface area (Å²) < 4.78 is 25.5. The number of carboxylic acids is 1. The number of hydrogen-bond acceptors (Lipinski definition) is 3. The number of carbonyl (C=O) groups excluding carboxylic acids is 1. The molecule has 0 amide bonds. The maximum Gasteiger partial charge on any atom is 0.307 e. The first-order valence-electron chi connectivity index (χ1n) is 10.6. The molecule has 0 bridgehead atoms. The largest absolute Gasteiger partial charge is 0.481 e. The molecule has 1 unspecified atom stereocenters. The molecule has 0 aromatic carbocycles. The lowest BCUT2D eigenvalue weighted by Gasteiger charge is -2.20. The Morgan fingerprint density at radius 2 is 2.05 bits per heavy atom. The second-order valence-corrected chi connectivity index (χ2v) is 7.38. The summed E-state index contributed by atoms with van der Waals surface area (Å²) in [5, 5.41) is 9.41. The van der Waals surface area contributed by atoms with Crippen LogP contribution in [0.4, 0.5) is 0 Å². The van der Waals surface area contributed by atoms with Crippen molar-refractivity contribution in [2.75, 3.05) is 0 Å². The average Bonchev–Trinajstić information content (AvgIpc) is 3.54. The topological polar surface area (TPSA) is 63.6 Å². The van der Waals surface area contributed by atoms with E-state index in [-0.39, 0.29) is 24.4 Å². The second-order valence-electron chi connectivity index (χ2n) is 7.38. The van der Waals surface area contributed by atoms with Gasteiger partial charge < -0.3 is 9.84 Å². The summed E-state index contributed by atoms with van der Waals surface area (Å²) in [5.41, 5.74) is 0. The Labute approximate surface area is 138 Å². The third kappa shape index (κ3) is 3.71. The predicted molar refractivity (Wildman–Crippen MR) is 86.3 cm³/mol. The number of allylic oxidation sites excluding steroid dienone is 1. The van der Waals surface area contributed by atoms with Crippen molar-refractivity contribution in [3.63, 3.8) is 0 Å². The molecule has 3 fully saturated rings. The van der Waals surface area contributed by atoms with E-state index in [1.54, 1.807) is 0 Å². The predicted octanol–water partition coefficient (Wildman–Crippen LogP) is 3.90. The molecule has 1 N–H and O–H groups in total. The first-order valence-corrected chi connectivity index (χ1v) is 8.61. The molecule has 3 aliphatic rings. The Morgan fingerprint density at radius 1 is 1.32 bits per heavy atom. The highest BCUT2D eigenvalue weighted by Crippen LogP contribution is 2.56. The van der Waals surface area contributed by atoms with Crippen molar-refractivity contribution in [3.8, 4) is 0 Å². The molecule has 0 aromatic heterocycles. The van der Waals surface area contributed by atoms with Gasteiger partial charge in [-0.15, -0.1) is 6.58 Å². The SMILES string of the molecule is C=CCCC[C@@H]1C[C@H]1OC(=O)C[C@H](C(=O)O)C1C[C@@H]2C[C@@H]2C1.[2H][2H].[2H][2H]. The molecule has 4 heteroatoms. The molecule has 3 saturated carbocycles. The van der Waals surface area contributed by atoms with Crippen molar-refractivity contribution in [2.24, 2.45) is 29.6 Å². The Bertz CT molecular complexity index is 464. The van der Waals surface area contributed by atoms with E-state index in [1.807, 2.05) is 6.08 Å². The highest BCUT2D eigenvalue weighted by Gasteiger charge is 2.50. The normalized spacial score (nSPS) is 37.0. The van der Waals surface area contributed by atoms with Crippen LogP contribution in [-0.2, 0) is 14.3 Å². The summed E-state index contributed by atoms with van der Waals surface area (Å²) in [6.45, 7) is 3.70. The second kappa shape index (κ2) is 6.43. The quantitative estimate of drug-likeness (QED) is 0.398. The van der Waals surface area contributed by atoms with Crippen molar-refractivity contribution in [1.29, 1.82) is 0 Å². The van der Waals surface area contributed by atoms with E-state index in [1.165, 1.54) is 6.42 Å². The number of esters is 1. The zero-order valence-corrected chi connectivity index (χ0v) is 13.1. The molecular formula is C18H30O4. The molecular weight excluding hydrogens is 280 g/mol. The number of ether oxygens (including phenoxy) is 1. The van der Waals surface area contributed by atoms with E-state index < -0.39 is 11.9 Å². The lowest BCUT2D eigenvalue weighted by atomic mass is 9.86. The molecule has 4 nitrogen and oxygen atoms in total. The molecule has 0 radical (unpaired) electrons. The van der Waals surface area contributed by atoms with E-state index in [0.29, 0.717) is 5.92 Å². The Morgan fingerprint density at radius 3 is 2.68 bits per heavy atom. The fourth-order valence-corrected chi connectivity index (χ4v) is 4.13.